The van der Waals surface area contributed by atoms with Crippen molar-refractivity contribution < 1.29 is 19.3 Å². The van der Waals surface area contributed by atoms with E-state index in [4.69, 9.17) is 14.2 Å². The fourth-order valence-electron chi connectivity index (χ4n) is 2.19. The summed E-state index contributed by atoms with van der Waals surface area (Å²) in [5, 5.41) is 10.6. The van der Waals surface area contributed by atoms with E-state index in [1.165, 1.54) is 0 Å². The Kier molecular flexibility index (Phi) is 5.20. The van der Waals surface area contributed by atoms with Crippen molar-refractivity contribution >= 4 is 0 Å². The molecule has 1 rings (SSSR count). The Hall–Kier alpha value is -1.26. The Morgan fingerprint density at radius 3 is 2.11 bits per heavy atom. The molecule has 4 nitrogen and oxygen atoms in total. The second kappa shape index (κ2) is 6.26. The highest BCUT2D eigenvalue weighted by Gasteiger charge is 2.33. The molecule has 0 aliphatic heterocycles. The molecular weight excluding hydrogens is 244 g/mol. The maximum atomic E-state index is 10.6. The quantitative estimate of drug-likeness (QED) is 0.892. The molecule has 0 aliphatic carbocycles. The first-order chi connectivity index (χ1) is 8.85. The third-order valence-electron chi connectivity index (χ3n) is 3.15. The highest BCUT2D eigenvalue weighted by atomic mass is 16.5. The first kappa shape index (κ1) is 15.8. The minimum atomic E-state index is -0.782. The van der Waals surface area contributed by atoms with Crippen LogP contribution in [0.1, 0.15) is 32.4 Å². The Morgan fingerprint density at radius 1 is 1.05 bits per heavy atom. The molecule has 1 N–H and O–H groups in total. The number of benzene rings is 1. The molecule has 0 fully saturated rings. The van der Waals surface area contributed by atoms with Crippen LogP contribution in [-0.4, -0.2) is 32.5 Å². The van der Waals surface area contributed by atoms with Crippen LogP contribution in [0.3, 0.4) is 0 Å². The normalized spacial score (nSPS) is 14.9. The molecule has 0 spiro atoms. The summed E-state index contributed by atoms with van der Waals surface area (Å²) in [6, 6.07) is 5.36. The van der Waals surface area contributed by atoms with Crippen LogP contribution in [0.4, 0.5) is 0 Å². The fraction of sp³-hybridized carbons (Fsp3) is 0.600. The standard InChI is InChI=1S/C15H24O4/c1-15(2,3)14(19-6)13(16)11-9-10(17-4)7-8-12(11)18-5/h7-9,13-14,16H,1-6H3. The molecule has 0 radical (unpaired) electrons. The Bertz CT molecular complexity index is 409. The Labute approximate surface area is 115 Å². The van der Waals surface area contributed by atoms with Gasteiger partial charge in [-0.2, -0.15) is 0 Å². The van der Waals surface area contributed by atoms with Crippen molar-refractivity contribution in [3.05, 3.63) is 23.8 Å². The molecule has 108 valence electrons. The van der Waals surface area contributed by atoms with Gasteiger partial charge in [0.25, 0.3) is 0 Å². The zero-order chi connectivity index (χ0) is 14.6. The molecule has 0 aliphatic rings. The molecule has 2 unspecified atom stereocenters. The van der Waals surface area contributed by atoms with Crippen LogP contribution in [0.5, 0.6) is 11.5 Å². The van der Waals surface area contributed by atoms with Crippen LogP contribution in [0.15, 0.2) is 18.2 Å². The molecule has 0 aromatic heterocycles. The maximum absolute atomic E-state index is 10.6. The molecule has 0 bridgehead atoms. The van der Waals surface area contributed by atoms with E-state index in [-0.39, 0.29) is 11.5 Å². The van der Waals surface area contributed by atoms with Gasteiger partial charge in [0.1, 0.15) is 17.6 Å². The van der Waals surface area contributed by atoms with Crippen molar-refractivity contribution in [1.29, 1.82) is 0 Å². The summed E-state index contributed by atoms with van der Waals surface area (Å²) in [6.45, 7) is 6.07. The molecule has 0 saturated heterocycles. The van der Waals surface area contributed by atoms with Gasteiger partial charge in [-0.3, -0.25) is 0 Å². The molecule has 0 heterocycles. The number of aliphatic hydroxyl groups is 1. The predicted molar refractivity (Wildman–Crippen MR) is 74.8 cm³/mol. The lowest BCUT2D eigenvalue weighted by Crippen LogP contribution is -2.34. The van der Waals surface area contributed by atoms with Crippen molar-refractivity contribution in [2.45, 2.75) is 33.0 Å². The summed E-state index contributed by atoms with van der Waals surface area (Å²) in [6.07, 6.45) is -1.12. The SMILES string of the molecule is COc1ccc(OC)c(C(O)C(OC)C(C)(C)C)c1. The zero-order valence-electron chi connectivity index (χ0n) is 12.6. The summed E-state index contributed by atoms with van der Waals surface area (Å²) in [5.74, 6) is 1.30. The Balaban J connectivity index is 3.19. The van der Waals surface area contributed by atoms with E-state index >= 15 is 0 Å². The lowest BCUT2D eigenvalue weighted by atomic mass is 9.83. The largest absolute Gasteiger partial charge is 0.497 e. The first-order valence-corrected chi connectivity index (χ1v) is 6.28. The molecule has 19 heavy (non-hydrogen) atoms. The van der Waals surface area contributed by atoms with Crippen molar-refractivity contribution in [3.63, 3.8) is 0 Å². The summed E-state index contributed by atoms with van der Waals surface area (Å²) >= 11 is 0. The molecule has 2 atom stereocenters. The molecule has 1 aromatic rings. The zero-order valence-corrected chi connectivity index (χ0v) is 12.6. The van der Waals surface area contributed by atoms with Crippen LogP contribution in [0, 0.1) is 5.41 Å². The topological polar surface area (TPSA) is 47.9 Å². The van der Waals surface area contributed by atoms with Crippen molar-refractivity contribution in [2.75, 3.05) is 21.3 Å². The van der Waals surface area contributed by atoms with Gasteiger partial charge in [0, 0.05) is 12.7 Å². The molecule has 0 saturated carbocycles. The van der Waals surface area contributed by atoms with Gasteiger partial charge in [-0.05, 0) is 23.6 Å². The second-order valence-corrected chi connectivity index (χ2v) is 5.58. The van der Waals surface area contributed by atoms with Gasteiger partial charge in [0.2, 0.25) is 0 Å². The number of hydrogen-bond donors (Lipinski definition) is 1. The Morgan fingerprint density at radius 2 is 1.68 bits per heavy atom. The van der Waals surface area contributed by atoms with E-state index in [1.807, 2.05) is 20.8 Å². The van der Waals surface area contributed by atoms with Gasteiger partial charge in [-0.15, -0.1) is 0 Å². The second-order valence-electron chi connectivity index (χ2n) is 5.58. The molecular formula is C15H24O4. The van der Waals surface area contributed by atoms with Crippen LogP contribution in [0.2, 0.25) is 0 Å². The van der Waals surface area contributed by atoms with Crippen LogP contribution in [0.25, 0.3) is 0 Å². The number of ether oxygens (including phenoxy) is 3. The lowest BCUT2D eigenvalue weighted by molar-refractivity contribution is -0.0731. The maximum Gasteiger partial charge on any atom is 0.125 e. The lowest BCUT2D eigenvalue weighted by Gasteiger charge is -2.33. The van der Waals surface area contributed by atoms with Crippen LogP contribution in [-0.2, 0) is 4.74 Å². The number of hydrogen-bond acceptors (Lipinski definition) is 4. The fourth-order valence-corrected chi connectivity index (χ4v) is 2.19. The van der Waals surface area contributed by atoms with Crippen molar-refractivity contribution in [1.82, 2.24) is 0 Å². The smallest absolute Gasteiger partial charge is 0.125 e. The average Bonchev–Trinajstić information content (AvgIpc) is 2.36. The van der Waals surface area contributed by atoms with Gasteiger partial charge in [0.05, 0.1) is 20.3 Å². The number of aliphatic hydroxyl groups excluding tert-OH is 1. The van der Waals surface area contributed by atoms with E-state index in [1.54, 1.807) is 39.5 Å². The van der Waals surface area contributed by atoms with Gasteiger partial charge in [0.15, 0.2) is 0 Å². The minimum Gasteiger partial charge on any atom is -0.497 e. The van der Waals surface area contributed by atoms with E-state index in [2.05, 4.69) is 0 Å². The monoisotopic (exact) mass is 268 g/mol. The third-order valence-corrected chi connectivity index (χ3v) is 3.15. The van der Waals surface area contributed by atoms with Gasteiger partial charge in [-0.25, -0.2) is 0 Å². The van der Waals surface area contributed by atoms with E-state index in [0.29, 0.717) is 17.1 Å². The summed E-state index contributed by atoms with van der Waals surface area (Å²) in [7, 11) is 4.78. The number of rotatable bonds is 5. The van der Waals surface area contributed by atoms with Crippen LogP contribution < -0.4 is 9.47 Å². The highest BCUT2D eigenvalue weighted by molar-refractivity contribution is 5.42. The first-order valence-electron chi connectivity index (χ1n) is 6.28. The summed E-state index contributed by atoms with van der Waals surface area (Å²) in [4.78, 5) is 0. The third kappa shape index (κ3) is 3.61. The van der Waals surface area contributed by atoms with E-state index in [0.717, 1.165) is 0 Å². The van der Waals surface area contributed by atoms with Gasteiger partial charge < -0.3 is 19.3 Å². The van der Waals surface area contributed by atoms with Gasteiger partial charge in [-0.1, -0.05) is 20.8 Å². The average molecular weight is 268 g/mol. The molecule has 0 amide bonds. The van der Waals surface area contributed by atoms with Crippen LogP contribution >= 0.6 is 0 Å². The molecule has 1 aromatic carbocycles. The van der Waals surface area contributed by atoms with Gasteiger partial charge >= 0.3 is 0 Å². The van der Waals surface area contributed by atoms with E-state index in [9.17, 15) is 5.11 Å². The minimum absolute atomic E-state index is 0.192. The highest BCUT2D eigenvalue weighted by Crippen LogP contribution is 2.37. The summed E-state index contributed by atoms with van der Waals surface area (Å²) < 4.78 is 16.0. The van der Waals surface area contributed by atoms with Crippen molar-refractivity contribution in [2.24, 2.45) is 5.41 Å². The van der Waals surface area contributed by atoms with Crippen molar-refractivity contribution in [3.8, 4) is 11.5 Å². The number of methoxy groups -OCH3 is 3. The predicted octanol–water partition coefficient (Wildman–Crippen LogP) is 2.80. The van der Waals surface area contributed by atoms with E-state index < -0.39 is 6.10 Å². The summed E-state index contributed by atoms with van der Waals surface area (Å²) in [5.41, 5.74) is 0.478. The molecule has 4 heteroatoms.